The molecule has 0 aliphatic carbocycles. The molecule has 0 radical (unpaired) electrons. The summed E-state index contributed by atoms with van der Waals surface area (Å²) in [5.74, 6) is 1.89. The third kappa shape index (κ3) is 4.22. The van der Waals surface area contributed by atoms with Gasteiger partial charge in [0, 0.05) is 5.56 Å². The SMILES string of the molecule is Cc1c(OCCCCC2CCN(C)CC2)cccc1-n1cnc2ccccc21. The summed E-state index contributed by atoms with van der Waals surface area (Å²) in [6.07, 6.45) is 8.35. The average molecular weight is 378 g/mol. The van der Waals surface area contributed by atoms with Gasteiger partial charge in [-0.2, -0.15) is 0 Å². The topological polar surface area (TPSA) is 30.3 Å². The maximum atomic E-state index is 6.15. The Morgan fingerprint density at radius 1 is 1.04 bits per heavy atom. The molecule has 0 amide bonds. The lowest BCUT2D eigenvalue weighted by Crippen LogP contribution is -2.30. The number of para-hydroxylation sites is 2. The van der Waals surface area contributed by atoms with E-state index < -0.39 is 0 Å². The van der Waals surface area contributed by atoms with Crippen LogP contribution in [0.2, 0.25) is 0 Å². The monoisotopic (exact) mass is 377 g/mol. The summed E-state index contributed by atoms with van der Waals surface area (Å²) in [6.45, 7) is 5.45. The van der Waals surface area contributed by atoms with E-state index in [-0.39, 0.29) is 0 Å². The minimum absolute atomic E-state index is 0.793. The van der Waals surface area contributed by atoms with Gasteiger partial charge >= 0.3 is 0 Å². The Kier molecular flexibility index (Phi) is 5.96. The van der Waals surface area contributed by atoms with Gasteiger partial charge in [0.25, 0.3) is 0 Å². The first-order valence-corrected chi connectivity index (χ1v) is 10.6. The van der Waals surface area contributed by atoms with Gasteiger partial charge in [-0.1, -0.05) is 24.6 Å². The molecule has 28 heavy (non-hydrogen) atoms. The van der Waals surface area contributed by atoms with Crippen LogP contribution in [0, 0.1) is 12.8 Å². The summed E-state index contributed by atoms with van der Waals surface area (Å²) in [5.41, 5.74) is 4.45. The Balaban J connectivity index is 1.34. The van der Waals surface area contributed by atoms with Crippen LogP contribution in [0.25, 0.3) is 16.7 Å². The first-order chi connectivity index (χ1) is 13.7. The fourth-order valence-electron chi connectivity index (χ4n) is 4.24. The van der Waals surface area contributed by atoms with Crippen molar-refractivity contribution in [2.24, 2.45) is 5.92 Å². The number of aromatic nitrogens is 2. The second kappa shape index (κ2) is 8.78. The minimum Gasteiger partial charge on any atom is -0.493 e. The van der Waals surface area contributed by atoms with Crippen molar-refractivity contribution in [2.75, 3.05) is 26.7 Å². The van der Waals surface area contributed by atoms with Crippen molar-refractivity contribution in [1.82, 2.24) is 14.5 Å². The Bertz CT molecular complexity index is 909. The second-order valence-electron chi connectivity index (χ2n) is 8.09. The van der Waals surface area contributed by atoms with E-state index in [4.69, 9.17) is 4.74 Å². The normalized spacial score (nSPS) is 15.9. The van der Waals surface area contributed by atoms with E-state index >= 15 is 0 Å². The van der Waals surface area contributed by atoms with Gasteiger partial charge in [-0.3, -0.25) is 4.57 Å². The van der Waals surface area contributed by atoms with Crippen molar-refractivity contribution in [3.63, 3.8) is 0 Å². The molecular weight excluding hydrogens is 346 g/mol. The maximum Gasteiger partial charge on any atom is 0.124 e. The number of hydrogen-bond donors (Lipinski definition) is 0. The van der Waals surface area contributed by atoms with E-state index in [1.807, 2.05) is 18.5 Å². The summed E-state index contributed by atoms with van der Waals surface area (Å²) < 4.78 is 8.30. The standard InChI is InChI=1S/C24H31N3O/c1-19-22(27-18-25-21-9-3-4-10-23(21)27)11-7-12-24(19)28-17-6-5-8-20-13-15-26(2)16-14-20/h3-4,7,9-12,18,20H,5-6,8,13-17H2,1-2H3. The summed E-state index contributed by atoms with van der Waals surface area (Å²) in [4.78, 5) is 6.96. The van der Waals surface area contributed by atoms with Crippen LogP contribution in [0.5, 0.6) is 5.75 Å². The number of benzene rings is 2. The lowest BCUT2D eigenvalue weighted by atomic mass is 9.92. The molecule has 1 fully saturated rings. The molecule has 3 aromatic rings. The molecule has 2 heterocycles. The van der Waals surface area contributed by atoms with Gasteiger partial charge in [0.1, 0.15) is 12.1 Å². The number of fused-ring (bicyclic) bond motifs is 1. The predicted octanol–water partition coefficient (Wildman–Crippen LogP) is 5.22. The molecule has 4 nitrogen and oxygen atoms in total. The van der Waals surface area contributed by atoms with Crippen LogP contribution >= 0.6 is 0 Å². The molecule has 0 N–H and O–H groups in total. The number of unbranched alkanes of at least 4 members (excludes halogenated alkanes) is 1. The summed E-state index contributed by atoms with van der Waals surface area (Å²) in [5, 5.41) is 0. The van der Waals surface area contributed by atoms with E-state index in [9.17, 15) is 0 Å². The fraction of sp³-hybridized carbons (Fsp3) is 0.458. The molecule has 0 saturated carbocycles. The fourth-order valence-corrected chi connectivity index (χ4v) is 4.24. The van der Waals surface area contributed by atoms with Crippen molar-refractivity contribution in [1.29, 1.82) is 0 Å². The van der Waals surface area contributed by atoms with Crippen molar-refractivity contribution >= 4 is 11.0 Å². The van der Waals surface area contributed by atoms with Crippen LogP contribution in [0.15, 0.2) is 48.8 Å². The minimum atomic E-state index is 0.793. The second-order valence-corrected chi connectivity index (χ2v) is 8.09. The van der Waals surface area contributed by atoms with Crippen molar-refractivity contribution < 1.29 is 4.74 Å². The summed E-state index contributed by atoms with van der Waals surface area (Å²) in [7, 11) is 2.23. The van der Waals surface area contributed by atoms with E-state index in [2.05, 4.69) is 58.8 Å². The Labute approximate surface area is 168 Å². The molecule has 4 rings (SSSR count). The number of imidazole rings is 1. The van der Waals surface area contributed by atoms with Gasteiger partial charge in [0.15, 0.2) is 0 Å². The van der Waals surface area contributed by atoms with Crippen LogP contribution in [0.3, 0.4) is 0 Å². The largest absolute Gasteiger partial charge is 0.493 e. The lowest BCUT2D eigenvalue weighted by Gasteiger charge is -2.28. The van der Waals surface area contributed by atoms with Gasteiger partial charge < -0.3 is 9.64 Å². The number of rotatable bonds is 7. The zero-order valence-corrected chi connectivity index (χ0v) is 17.1. The maximum absolute atomic E-state index is 6.15. The van der Waals surface area contributed by atoms with Crippen LogP contribution in [-0.4, -0.2) is 41.2 Å². The number of hydrogen-bond acceptors (Lipinski definition) is 3. The highest BCUT2D eigenvalue weighted by Gasteiger charge is 2.16. The molecule has 0 atom stereocenters. The molecule has 4 heteroatoms. The van der Waals surface area contributed by atoms with E-state index in [1.165, 1.54) is 44.3 Å². The van der Waals surface area contributed by atoms with Crippen LogP contribution < -0.4 is 4.74 Å². The van der Waals surface area contributed by atoms with Crippen LogP contribution in [0.4, 0.5) is 0 Å². The molecule has 0 bridgehead atoms. The average Bonchev–Trinajstić information content (AvgIpc) is 3.14. The highest BCUT2D eigenvalue weighted by molar-refractivity contribution is 5.77. The van der Waals surface area contributed by atoms with Crippen molar-refractivity contribution in [3.8, 4) is 11.4 Å². The summed E-state index contributed by atoms with van der Waals surface area (Å²) in [6, 6.07) is 14.5. The van der Waals surface area contributed by atoms with E-state index in [0.29, 0.717) is 0 Å². The zero-order chi connectivity index (χ0) is 19.3. The first-order valence-electron chi connectivity index (χ1n) is 10.6. The van der Waals surface area contributed by atoms with Gasteiger partial charge in [0.05, 0.1) is 23.3 Å². The molecule has 1 aliphatic rings. The van der Waals surface area contributed by atoms with E-state index in [1.54, 1.807) is 0 Å². The Morgan fingerprint density at radius 2 is 1.86 bits per heavy atom. The smallest absolute Gasteiger partial charge is 0.124 e. The van der Waals surface area contributed by atoms with Crippen molar-refractivity contribution in [3.05, 3.63) is 54.4 Å². The van der Waals surface area contributed by atoms with E-state index in [0.717, 1.165) is 41.4 Å². The molecule has 2 aromatic carbocycles. The molecule has 1 aromatic heterocycles. The Morgan fingerprint density at radius 3 is 2.71 bits per heavy atom. The van der Waals surface area contributed by atoms with Gasteiger partial charge in [-0.15, -0.1) is 0 Å². The predicted molar refractivity (Wildman–Crippen MR) is 115 cm³/mol. The van der Waals surface area contributed by atoms with Crippen molar-refractivity contribution in [2.45, 2.75) is 39.0 Å². The highest BCUT2D eigenvalue weighted by atomic mass is 16.5. The molecule has 1 saturated heterocycles. The third-order valence-electron chi connectivity index (χ3n) is 6.07. The van der Waals surface area contributed by atoms with Crippen LogP contribution in [0.1, 0.15) is 37.7 Å². The molecular formula is C24H31N3O. The molecule has 148 valence electrons. The Hall–Kier alpha value is -2.33. The molecule has 0 unspecified atom stereocenters. The molecule has 0 spiro atoms. The molecule has 1 aliphatic heterocycles. The zero-order valence-electron chi connectivity index (χ0n) is 17.1. The number of likely N-dealkylation sites (tertiary alicyclic amines) is 1. The van der Waals surface area contributed by atoms with Crippen LogP contribution in [-0.2, 0) is 0 Å². The van der Waals surface area contributed by atoms with Gasteiger partial charge in [0.2, 0.25) is 0 Å². The third-order valence-corrected chi connectivity index (χ3v) is 6.07. The highest BCUT2D eigenvalue weighted by Crippen LogP contribution is 2.28. The number of ether oxygens (including phenoxy) is 1. The summed E-state index contributed by atoms with van der Waals surface area (Å²) >= 11 is 0. The number of nitrogens with zero attached hydrogens (tertiary/aromatic N) is 3. The van der Waals surface area contributed by atoms with Gasteiger partial charge in [-0.25, -0.2) is 4.98 Å². The van der Waals surface area contributed by atoms with Gasteiger partial charge in [-0.05, 0) is 82.9 Å². The lowest BCUT2D eigenvalue weighted by molar-refractivity contribution is 0.206. The number of piperidine rings is 1. The quantitative estimate of drug-likeness (QED) is 0.529. The first kappa shape index (κ1) is 19.0.